The zero-order valence-corrected chi connectivity index (χ0v) is 14.0. The van der Waals surface area contributed by atoms with Crippen molar-refractivity contribution in [3.63, 3.8) is 0 Å². The van der Waals surface area contributed by atoms with Gasteiger partial charge in [-0.15, -0.1) is 0 Å². The molecule has 4 nitrogen and oxygen atoms in total. The molecular formula is C17H15Cl2N3O. The standard InChI is InChI=1S/C17H15Cl2N3O/c1-2-11-9-12-5-4-8-20-16(12)22(17(11)23)21-10-13-14(18)6-3-7-15(13)19/h3-9,21H,2,10H2,1H3. The molecule has 0 aliphatic carbocycles. The lowest BCUT2D eigenvalue weighted by Crippen LogP contribution is -2.31. The van der Waals surface area contributed by atoms with Gasteiger partial charge in [0.05, 0.1) is 6.54 Å². The van der Waals surface area contributed by atoms with Gasteiger partial charge in [-0.25, -0.2) is 9.66 Å². The van der Waals surface area contributed by atoms with Crippen molar-refractivity contribution in [2.24, 2.45) is 0 Å². The van der Waals surface area contributed by atoms with Crippen molar-refractivity contribution in [2.75, 3.05) is 5.43 Å². The summed E-state index contributed by atoms with van der Waals surface area (Å²) in [5, 5.41) is 2.02. The second kappa shape index (κ2) is 6.60. The molecular weight excluding hydrogens is 333 g/mol. The highest BCUT2D eigenvalue weighted by molar-refractivity contribution is 6.36. The highest BCUT2D eigenvalue weighted by atomic mass is 35.5. The first kappa shape index (κ1) is 15.8. The predicted molar refractivity (Wildman–Crippen MR) is 94.9 cm³/mol. The molecule has 0 bridgehead atoms. The largest absolute Gasteiger partial charge is 0.317 e. The van der Waals surface area contributed by atoms with Crippen LogP contribution in [-0.4, -0.2) is 9.66 Å². The second-order valence-corrected chi connectivity index (χ2v) is 5.93. The van der Waals surface area contributed by atoms with Crippen LogP contribution in [0.1, 0.15) is 18.1 Å². The van der Waals surface area contributed by atoms with E-state index in [0.717, 1.165) is 16.5 Å². The maximum atomic E-state index is 12.6. The summed E-state index contributed by atoms with van der Waals surface area (Å²) < 4.78 is 1.47. The van der Waals surface area contributed by atoms with Gasteiger partial charge in [-0.3, -0.25) is 4.79 Å². The molecule has 0 atom stereocenters. The molecule has 2 aromatic heterocycles. The SMILES string of the molecule is CCc1cc2cccnc2n(NCc2c(Cl)cccc2Cl)c1=O. The highest BCUT2D eigenvalue weighted by Gasteiger charge is 2.10. The predicted octanol–water partition coefficient (Wildman–Crippen LogP) is 4.01. The van der Waals surface area contributed by atoms with E-state index in [9.17, 15) is 4.79 Å². The van der Waals surface area contributed by atoms with Crippen LogP contribution in [0.15, 0.2) is 47.4 Å². The molecule has 2 heterocycles. The lowest BCUT2D eigenvalue weighted by molar-refractivity contribution is 0.809. The number of hydrogen-bond donors (Lipinski definition) is 1. The van der Waals surface area contributed by atoms with Crippen LogP contribution in [0.25, 0.3) is 11.0 Å². The number of pyridine rings is 2. The Morgan fingerprint density at radius 3 is 2.61 bits per heavy atom. The number of nitrogens with zero attached hydrogens (tertiary/aromatic N) is 2. The van der Waals surface area contributed by atoms with Crippen molar-refractivity contribution in [2.45, 2.75) is 19.9 Å². The number of hydrogen-bond acceptors (Lipinski definition) is 3. The molecule has 0 radical (unpaired) electrons. The van der Waals surface area contributed by atoms with Crippen LogP contribution in [0.2, 0.25) is 10.0 Å². The minimum absolute atomic E-state index is 0.109. The van der Waals surface area contributed by atoms with Crippen LogP contribution >= 0.6 is 23.2 Å². The first-order valence-electron chi connectivity index (χ1n) is 7.28. The maximum absolute atomic E-state index is 12.6. The molecule has 0 unspecified atom stereocenters. The Balaban J connectivity index is 2.06. The summed E-state index contributed by atoms with van der Waals surface area (Å²) in [7, 11) is 0. The number of benzene rings is 1. The van der Waals surface area contributed by atoms with Crippen LogP contribution < -0.4 is 11.0 Å². The average molecular weight is 348 g/mol. The Morgan fingerprint density at radius 2 is 1.91 bits per heavy atom. The Morgan fingerprint density at radius 1 is 1.17 bits per heavy atom. The van der Waals surface area contributed by atoms with E-state index < -0.39 is 0 Å². The van der Waals surface area contributed by atoms with E-state index in [1.807, 2.05) is 25.1 Å². The van der Waals surface area contributed by atoms with Gasteiger partial charge < -0.3 is 5.43 Å². The van der Waals surface area contributed by atoms with Crippen LogP contribution in [0.3, 0.4) is 0 Å². The Hall–Kier alpha value is -2.04. The number of fused-ring (bicyclic) bond motifs is 1. The topological polar surface area (TPSA) is 46.9 Å². The Bertz CT molecular complexity index is 901. The number of halogens is 2. The van der Waals surface area contributed by atoms with Gasteiger partial charge in [0, 0.05) is 32.8 Å². The molecule has 0 aliphatic heterocycles. The van der Waals surface area contributed by atoms with Gasteiger partial charge in [0.25, 0.3) is 5.56 Å². The molecule has 0 aliphatic rings. The van der Waals surface area contributed by atoms with Gasteiger partial charge in [0.1, 0.15) is 0 Å². The van der Waals surface area contributed by atoms with E-state index in [4.69, 9.17) is 23.2 Å². The van der Waals surface area contributed by atoms with E-state index in [2.05, 4.69) is 10.4 Å². The normalized spacial score (nSPS) is 10.9. The summed E-state index contributed by atoms with van der Waals surface area (Å²) in [6.45, 7) is 2.28. The Kier molecular flexibility index (Phi) is 4.55. The fourth-order valence-corrected chi connectivity index (χ4v) is 2.99. The van der Waals surface area contributed by atoms with Gasteiger partial charge in [-0.2, -0.15) is 0 Å². The maximum Gasteiger partial charge on any atom is 0.274 e. The zero-order valence-electron chi connectivity index (χ0n) is 12.5. The molecule has 3 aromatic rings. The van der Waals surface area contributed by atoms with Crippen molar-refractivity contribution in [1.29, 1.82) is 0 Å². The molecule has 23 heavy (non-hydrogen) atoms. The molecule has 1 N–H and O–H groups in total. The fraction of sp³-hybridized carbons (Fsp3) is 0.176. The van der Waals surface area contributed by atoms with Crippen molar-refractivity contribution < 1.29 is 0 Å². The van der Waals surface area contributed by atoms with Crippen molar-refractivity contribution in [1.82, 2.24) is 9.66 Å². The minimum Gasteiger partial charge on any atom is -0.317 e. The van der Waals surface area contributed by atoms with Gasteiger partial charge in [-0.1, -0.05) is 36.2 Å². The lowest BCUT2D eigenvalue weighted by Gasteiger charge is -2.15. The van der Waals surface area contributed by atoms with E-state index in [-0.39, 0.29) is 5.56 Å². The van der Waals surface area contributed by atoms with Crippen LogP contribution in [0.4, 0.5) is 0 Å². The number of rotatable bonds is 4. The Labute approximate surface area is 143 Å². The van der Waals surface area contributed by atoms with Crippen molar-refractivity contribution in [3.8, 4) is 0 Å². The van der Waals surface area contributed by atoms with Gasteiger partial charge in [0.2, 0.25) is 0 Å². The summed E-state index contributed by atoms with van der Waals surface area (Å²) in [6, 6.07) is 11.0. The van der Waals surface area contributed by atoms with Crippen LogP contribution in [0.5, 0.6) is 0 Å². The van der Waals surface area contributed by atoms with E-state index >= 15 is 0 Å². The van der Waals surface area contributed by atoms with E-state index in [1.54, 1.807) is 24.4 Å². The molecule has 0 spiro atoms. The quantitative estimate of drug-likeness (QED) is 0.775. The number of aromatic nitrogens is 2. The molecule has 1 aromatic carbocycles. The summed E-state index contributed by atoms with van der Waals surface area (Å²) in [5.74, 6) is 0. The van der Waals surface area contributed by atoms with Crippen molar-refractivity contribution >= 4 is 34.2 Å². The highest BCUT2D eigenvalue weighted by Crippen LogP contribution is 2.24. The van der Waals surface area contributed by atoms with Gasteiger partial charge in [-0.05, 0) is 36.8 Å². The molecule has 0 saturated carbocycles. The van der Waals surface area contributed by atoms with Gasteiger partial charge in [0.15, 0.2) is 5.65 Å². The van der Waals surface area contributed by atoms with Crippen LogP contribution in [-0.2, 0) is 13.0 Å². The molecule has 6 heteroatoms. The summed E-state index contributed by atoms with van der Waals surface area (Å²) in [6.07, 6.45) is 2.31. The fourth-order valence-electron chi connectivity index (χ4n) is 2.46. The smallest absolute Gasteiger partial charge is 0.274 e. The molecule has 0 amide bonds. The van der Waals surface area contributed by atoms with E-state index in [1.165, 1.54) is 4.68 Å². The van der Waals surface area contributed by atoms with Gasteiger partial charge >= 0.3 is 0 Å². The summed E-state index contributed by atoms with van der Waals surface area (Å²) in [5.41, 5.74) is 5.04. The third kappa shape index (κ3) is 3.05. The molecule has 118 valence electrons. The number of nitrogens with one attached hydrogen (secondary N) is 1. The lowest BCUT2D eigenvalue weighted by atomic mass is 10.1. The number of aryl methyl sites for hydroxylation is 1. The average Bonchev–Trinajstić information content (AvgIpc) is 2.55. The molecule has 0 saturated heterocycles. The third-order valence-electron chi connectivity index (χ3n) is 3.69. The first-order valence-corrected chi connectivity index (χ1v) is 8.04. The van der Waals surface area contributed by atoms with Crippen molar-refractivity contribution in [3.05, 3.63) is 74.1 Å². The monoisotopic (exact) mass is 347 g/mol. The summed E-state index contributed by atoms with van der Waals surface area (Å²) in [4.78, 5) is 16.9. The summed E-state index contributed by atoms with van der Waals surface area (Å²) >= 11 is 12.4. The third-order valence-corrected chi connectivity index (χ3v) is 4.40. The minimum atomic E-state index is -0.109. The van der Waals surface area contributed by atoms with E-state index in [0.29, 0.717) is 28.7 Å². The second-order valence-electron chi connectivity index (χ2n) is 5.12. The van der Waals surface area contributed by atoms with Crippen LogP contribution in [0, 0.1) is 0 Å². The molecule has 0 fully saturated rings. The molecule has 3 rings (SSSR count). The first-order chi connectivity index (χ1) is 11.1. The zero-order chi connectivity index (χ0) is 16.4.